The third-order valence-corrected chi connectivity index (χ3v) is 3.99. The van der Waals surface area contributed by atoms with Crippen molar-refractivity contribution in [2.75, 3.05) is 26.9 Å². The van der Waals surface area contributed by atoms with Gasteiger partial charge in [0.25, 0.3) is 0 Å². The Morgan fingerprint density at radius 3 is 2.45 bits per heavy atom. The quantitative estimate of drug-likeness (QED) is 0.655. The molecule has 0 bridgehead atoms. The lowest BCUT2D eigenvalue weighted by molar-refractivity contribution is -0.150. The van der Waals surface area contributed by atoms with Crippen LogP contribution in [0.3, 0.4) is 0 Å². The highest BCUT2D eigenvalue weighted by Gasteiger charge is 2.42. The summed E-state index contributed by atoms with van der Waals surface area (Å²) in [5, 5.41) is 12.1. The monoisotopic (exact) mass is 287 g/mol. The van der Waals surface area contributed by atoms with Crippen molar-refractivity contribution >= 4 is 11.9 Å². The van der Waals surface area contributed by atoms with Crippen LogP contribution in [0.15, 0.2) is 0 Å². The Morgan fingerprint density at radius 1 is 1.30 bits per heavy atom. The van der Waals surface area contributed by atoms with E-state index in [0.717, 1.165) is 19.3 Å². The molecule has 0 unspecified atom stereocenters. The summed E-state index contributed by atoms with van der Waals surface area (Å²) in [6, 6.07) is 0. The summed E-state index contributed by atoms with van der Waals surface area (Å²) in [6.45, 7) is 2.72. The Labute approximate surface area is 119 Å². The number of carbonyl (C=O) groups excluding carboxylic acids is 1. The van der Waals surface area contributed by atoms with Crippen LogP contribution in [0.1, 0.15) is 39.0 Å². The van der Waals surface area contributed by atoms with Crippen LogP contribution in [0.5, 0.6) is 0 Å². The van der Waals surface area contributed by atoms with Gasteiger partial charge in [-0.2, -0.15) is 0 Å². The van der Waals surface area contributed by atoms with Gasteiger partial charge in [-0.3, -0.25) is 4.79 Å². The zero-order valence-corrected chi connectivity index (χ0v) is 12.3. The highest BCUT2D eigenvalue weighted by Crippen LogP contribution is 2.33. The molecule has 0 aliphatic heterocycles. The molecule has 6 nitrogen and oxygen atoms in total. The second kappa shape index (κ2) is 8.21. The largest absolute Gasteiger partial charge is 0.480 e. The molecular weight excluding hydrogens is 262 g/mol. The number of ether oxygens (including phenoxy) is 2. The van der Waals surface area contributed by atoms with E-state index in [9.17, 15) is 14.7 Å². The summed E-state index contributed by atoms with van der Waals surface area (Å²) in [7, 11) is 1.55. The van der Waals surface area contributed by atoms with Crippen molar-refractivity contribution in [1.29, 1.82) is 0 Å². The molecule has 0 atom stereocenters. The van der Waals surface area contributed by atoms with Gasteiger partial charge in [0.1, 0.15) is 12.1 Å². The van der Waals surface area contributed by atoms with E-state index in [2.05, 4.69) is 12.2 Å². The molecule has 1 aliphatic rings. The summed E-state index contributed by atoms with van der Waals surface area (Å²) in [5.74, 6) is -0.756. The average molecular weight is 287 g/mol. The van der Waals surface area contributed by atoms with Gasteiger partial charge in [-0.1, -0.05) is 13.3 Å². The molecule has 1 fully saturated rings. The molecule has 1 saturated carbocycles. The lowest BCUT2D eigenvalue weighted by atomic mass is 9.75. The third kappa shape index (κ3) is 4.76. The number of hydrogen-bond donors (Lipinski definition) is 2. The first-order valence-corrected chi connectivity index (χ1v) is 7.15. The number of aliphatic carboxylic acids is 1. The molecule has 1 rings (SSSR count). The van der Waals surface area contributed by atoms with Gasteiger partial charge in [0.05, 0.1) is 13.2 Å². The molecule has 0 aromatic rings. The molecule has 2 N–H and O–H groups in total. The van der Waals surface area contributed by atoms with Crippen LogP contribution in [0.25, 0.3) is 0 Å². The van der Waals surface area contributed by atoms with Crippen LogP contribution >= 0.6 is 0 Å². The molecule has 0 spiro atoms. The first-order chi connectivity index (χ1) is 9.54. The Bertz CT molecular complexity index is 324. The standard InChI is InChI=1S/C14H25NO5/c1-3-11-4-6-14(7-5-11,13(17)18)15-12(16)10-20-9-8-19-2/h11H,3-10H2,1-2H3,(H,15,16)(H,17,18). The summed E-state index contributed by atoms with van der Waals surface area (Å²) in [6.07, 6.45) is 3.72. The van der Waals surface area contributed by atoms with Crippen molar-refractivity contribution in [1.82, 2.24) is 5.32 Å². The molecule has 1 aliphatic carbocycles. The molecule has 0 radical (unpaired) electrons. The fraction of sp³-hybridized carbons (Fsp3) is 0.857. The van der Waals surface area contributed by atoms with Gasteiger partial charge in [-0.05, 0) is 31.6 Å². The number of rotatable bonds is 8. The maximum Gasteiger partial charge on any atom is 0.329 e. The van der Waals surface area contributed by atoms with Crippen molar-refractivity contribution in [2.45, 2.75) is 44.6 Å². The second-order valence-corrected chi connectivity index (χ2v) is 5.33. The van der Waals surface area contributed by atoms with Gasteiger partial charge in [0.2, 0.25) is 5.91 Å². The van der Waals surface area contributed by atoms with E-state index < -0.39 is 11.5 Å². The number of amides is 1. The number of hydrogen-bond acceptors (Lipinski definition) is 4. The summed E-state index contributed by atoms with van der Waals surface area (Å²) < 4.78 is 9.92. The number of carboxylic acid groups (broad SMARTS) is 1. The highest BCUT2D eigenvalue weighted by atomic mass is 16.5. The average Bonchev–Trinajstić information content (AvgIpc) is 2.44. The molecule has 0 saturated heterocycles. The predicted molar refractivity (Wildman–Crippen MR) is 73.5 cm³/mol. The third-order valence-electron chi connectivity index (χ3n) is 3.99. The summed E-state index contributed by atoms with van der Waals surface area (Å²) >= 11 is 0. The molecule has 0 aromatic heterocycles. The van der Waals surface area contributed by atoms with E-state index in [-0.39, 0.29) is 12.5 Å². The Morgan fingerprint density at radius 2 is 1.95 bits per heavy atom. The van der Waals surface area contributed by atoms with Gasteiger partial charge in [0.15, 0.2) is 0 Å². The first-order valence-electron chi connectivity index (χ1n) is 7.15. The predicted octanol–water partition coefficient (Wildman–Crippen LogP) is 1.19. The van der Waals surface area contributed by atoms with Gasteiger partial charge in [-0.25, -0.2) is 4.79 Å². The minimum absolute atomic E-state index is 0.129. The van der Waals surface area contributed by atoms with Crippen molar-refractivity contribution < 1.29 is 24.2 Å². The molecule has 116 valence electrons. The van der Waals surface area contributed by atoms with Crippen molar-refractivity contribution in [3.63, 3.8) is 0 Å². The van der Waals surface area contributed by atoms with Crippen molar-refractivity contribution in [2.24, 2.45) is 5.92 Å². The Kier molecular flexibility index (Phi) is 6.95. The minimum Gasteiger partial charge on any atom is -0.480 e. The van der Waals surface area contributed by atoms with Crippen LogP contribution in [-0.2, 0) is 19.1 Å². The fourth-order valence-corrected chi connectivity index (χ4v) is 2.58. The van der Waals surface area contributed by atoms with E-state index >= 15 is 0 Å². The van der Waals surface area contributed by atoms with E-state index in [4.69, 9.17) is 9.47 Å². The minimum atomic E-state index is -1.12. The highest BCUT2D eigenvalue weighted by molar-refractivity contribution is 5.87. The van der Waals surface area contributed by atoms with E-state index in [0.29, 0.717) is 32.0 Å². The van der Waals surface area contributed by atoms with Gasteiger partial charge in [0, 0.05) is 7.11 Å². The molecule has 1 amide bonds. The first kappa shape index (κ1) is 16.9. The molecule has 0 heterocycles. The Hall–Kier alpha value is -1.14. The van der Waals surface area contributed by atoms with Crippen molar-refractivity contribution in [3.8, 4) is 0 Å². The molecule has 20 heavy (non-hydrogen) atoms. The zero-order chi connectivity index (χ0) is 15.0. The molecule has 0 aromatic carbocycles. The lowest BCUT2D eigenvalue weighted by Crippen LogP contribution is -2.57. The van der Waals surface area contributed by atoms with Crippen LogP contribution in [0, 0.1) is 5.92 Å². The maximum atomic E-state index is 11.8. The maximum absolute atomic E-state index is 11.8. The zero-order valence-electron chi connectivity index (χ0n) is 12.3. The fourth-order valence-electron chi connectivity index (χ4n) is 2.58. The summed E-state index contributed by atoms with van der Waals surface area (Å²) in [5.41, 5.74) is -1.12. The topological polar surface area (TPSA) is 84.9 Å². The summed E-state index contributed by atoms with van der Waals surface area (Å²) in [4.78, 5) is 23.3. The SMILES string of the molecule is CCC1CCC(NC(=O)COCCOC)(C(=O)O)CC1. The number of methoxy groups -OCH3 is 1. The van der Waals surface area contributed by atoms with Crippen LogP contribution < -0.4 is 5.32 Å². The normalized spacial score (nSPS) is 26.2. The van der Waals surface area contributed by atoms with Crippen molar-refractivity contribution in [3.05, 3.63) is 0 Å². The van der Waals surface area contributed by atoms with E-state index in [1.165, 1.54) is 0 Å². The van der Waals surface area contributed by atoms with Gasteiger partial charge >= 0.3 is 5.97 Å². The van der Waals surface area contributed by atoms with E-state index in [1.807, 2.05) is 0 Å². The molecular formula is C14H25NO5. The van der Waals surface area contributed by atoms with Gasteiger partial charge < -0.3 is 19.9 Å². The van der Waals surface area contributed by atoms with Crippen LogP contribution in [0.4, 0.5) is 0 Å². The van der Waals surface area contributed by atoms with Gasteiger partial charge in [-0.15, -0.1) is 0 Å². The van der Waals surface area contributed by atoms with Crippen LogP contribution in [-0.4, -0.2) is 49.5 Å². The number of carboxylic acids is 1. The number of carbonyl (C=O) groups is 2. The van der Waals surface area contributed by atoms with E-state index in [1.54, 1.807) is 7.11 Å². The molecule has 6 heteroatoms. The number of nitrogens with one attached hydrogen (secondary N) is 1. The Balaban J connectivity index is 2.47. The smallest absolute Gasteiger partial charge is 0.329 e. The second-order valence-electron chi connectivity index (χ2n) is 5.33. The van der Waals surface area contributed by atoms with Crippen LogP contribution in [0.2, 0.25) is 0 Å². The lowest BCUT2D eigenvalue weighted by Gasteiger charge is -2.37.